The third kappa shape index (κ3) is 3.40. The van der Waals surface area contributed by atoms with Gasteiger partial charge in [0.2, 0.25) is 0 Å². The standard InChI is InChI=1S/C17H20ClN3O/c1-22-17-5-4-13(9-15(17)18)12-21-8-7-20-11-16(21)14-3-2-6-19-10-14/h2-6,9-10,16,20H,7-8,11-12H2,1H3. The van der Waals surface area contributed by atoms with Gasteiger partial charge in [0.05, 0.1) is 12.1 Å². The van der Waals surface area contributed by atoms with Crippen LogP contribution in [0.25, 0.3) is 0 Å². The predicted octanol–water partition coefficient (Wildman–Crippen LogP) is 2.89. The summed E-state index contributed by atoms with van der Waals surface area (Å²) in [4.78, 5) is 6.71. The van der Waals surface area contributed by atoms with Crippen LogP contribution in [0.1, 0.15) is 17.2 Å². The molecular weight excluding hydrogens is 298 g/mol. The van der Waals surface area contributed by atoms with Crippen molar-refractivity contribution in [3.8, 4) is 5.75 Å². The molecule has 22 heavy (non-hydrogen) atoms. The van der Waals surface area contributed by atoms with E-state index in [4.69, 9.17) is 16.3 Å². The first-order valence-electron chi connectivity index (χ1n) is 7.45. The Kier molecular flexibility index (Phi) is 4.93. The topological polar surface area (TPSA) is 37.4 Å². The SMILES string of the molecule is COc1ccc(CN2CCNCC2c2cccnc2)cc1Cl. The van der Waals surface area contributed by atoms with Gasteiger partial charge in [0.1, 0.15) is 5.75 Å². The highest BCUT2D eigenvalue weighted by atomic mass is 35.5. The summed E-state index contributed by atoms with van der Waals surface area (Å²) >= 11 is 6.23. The lowest BCUT2D eigenvalue weighted by Crippen LogP contribution is -2.45. The molecule has 0 amide bonds. The summed E-state index contributed by atoms with van der Waals surface area (Å²) in [6.07, 6.45) is 3.76. The van der Waals surface area contributed by atoms with Crippen molar-refractivity contribution in [3.63, 3.8) is 0 Å². The minimum Gasteiger partial charge on any atom is -0.495 e. The molecule has 1 aromatic carbocycles. The van der Waals surface area contributed by atoms with Gasteiger partial charge in [-0.05, 0) is 29.3 Å². The first-order chi connectivity index (χ1) is 10.8. The van der Waals surface area contributed by atoms with E-state index in [0.717, 1.165) is 31.9 Å². The second kappa shape index (κ2) is 7.09. The molecule has 1 fully saturated rings. The molecular formula is C17H20ClN3O. The molecule has 1 aromatic heterocycles. The summed E-state index contributed by atoms with van der Waals surface area (Å²) < 4.78 is 5.22. The average Bonchev–Trinajstić information content (AvgIpc) is 2.56. The van der Waals surface area contributed by atoms with Crippen molar-refractivity contribution in [2.45, 2.75) is 12.6 Å². The van der Waals surface area contributed by atoms with E-state index in [0.29, 0.717) is 11.1 Å². The lowest BCUT2D eigenvalue weighted by Gasteiger charge is -2.36. The number of hydrogen-bond donors (Lipinski definition) is 1. The van der Waals surface area contributed by atoms with Crippen LogP contribution in [0.15, 0.2) is 42.7 Å². The molecule has 0 saturated carbocycles. The quantitative estimate of drug-likeness (QED) is 0.941. The maximum absolute atomic E-state index is 6.23. The number of rotatable bonds is 4. The van der Waals surface area contributed by atoms with E-state index in [9.17, 15) is 0 Å². The van der Waals surface area contributed by atoms with Crippen LogP contribution in [0.4, 0.5) is 0 Å². The maximum atomic E-state index is 6.23. The van der Waals surface area contributed by atoms with E-state index in [2.05, 4.69) is 27.3 Å². The molecule has 4 nitrogen and oxygen atoms in total. The third-order valence-electron chi connectivity index (χ3n) is 4.03. The van der Waals surface area contributed by atoms with Crippen molar-refractivity contribution >= 4 is 11.6 Å². The van der Waals surface area contributed by atoms with Crippen LogP contribution in [0.3, 0.4) is 0 Å². The number of piperazine rings is 1. The monoisotopic (exact) mass is 317 g/mol. The van der Waals surface area contributed by atoms with Crippen LogP contribution in [0.2, 0.25) is 5.02 Å². The van der Waals surface area contributed by atoms with Crippen LogP contribution >= 0.6 is 11.6 Å². The van der Waals surface area contributed by atoms with Gasteiger partial charge >= 0.3 is 0 Å². The number of halogens is 1. The number of aromatic nitrogens is 1. The second-order valence-electron chi connectivity index (χ2n) is 5.45. The zero-order valence-corrected chi connectivity index (χ0v) is 13.4. The lowest BCUT2D eigenvalue weighted by molar-refractivity contribution is 0.153. The summed E-state index contributed by atoms with van der Waals surface area (Å²) in [5.41, 5.74) is 2.44. The molecule has 5 heteroatoms. The normalized spacial score (nSPS) is 19.1. The predicted molar refractivity (Wildman–Crippen MR) is 88.3 cm³/mol. The molecule has 1 unspecified atom stereocenters. The molecule has 116 valence electrons. The highest BCUT2D eigenvalue weighted by Crippen LogP contribution is 2.28. The molecule has 1 aliphatic rings. The van der Waals surface area contributed by atoms with Gasteiger partial charge in [-0.15, -0.1) is 0 Å². The fourth-order valence-electron chi connectivity index (χ4n) is 2.88. The van der Waals surface area contributed by atoms with E-state index >= 15 is 0 Å². The molecule has 0 spiro atoms. The zero-order valence-electron chi connectivity index (χ0n) is 12.6. The fraction of sp³-hybridized carbons (Fsp3) is 0.353. The molecule has 1 saturated heterocycles. The van der Waals surface area contributed by atoms with Crippen molar-refractivity contribution in [2.75, 3.05) is 26.7 Å². The molecule has 1 atom stereocenters. The highest BCUT2D eigenvalue weighted by molar-refractivity contribution is 6.32. The minimum absolute atomic E-state index is 0.336. The second-order valence-corrected chi connectivity index (χ2v) is 5.85. The van der Waals surface area contributed by atoms with E-state index in [-0.39, 0.29) is 0 Å². The number of hydrogen-bond acceptors (Lipinski definition) is 4. The Morgan fingerprint density at radius 3 is 3.05 bits per heavy atom. The summed E-state index contributed by atoms with van der Waals surface area (Å²) in [7, 11) is 1.63. The van der Waals surface area contributed by atoms with Crippen molar-refractivity contribution in [1.29, 1.82) is 0 Å². The summed E-state index contributed by atoms with van der Waals surface area (Å²) in [5.74, 6) is 0.717. The van der Waals surface area contributed by atoms with Crippen molar-refractivity contribution in [2.24, 2.45) is 0 Å². The van der Waals surface area contributed by atoms with Crippen molar-refractivity contribution in [1.82, 2.24) is 15.2 Å². The number of pyridine rings is 1. The summed E-state index contributed by atoms with van der Waals surface area (Å²) in [5, 5.41) is 4.12. The van der Waals surface area contributed by atoms with Crippen molar-refractivity contribution in [3.05, 3.63) is 58.9 Å². The number of nitrogens with zero attached hydrogens (tertiary/aromatic N) is 2. The Hall–Kier alpha value is -1.62. The van der Waals surface area contributed by atoms with E-state index in [1.165, 1.54) is 11.1 Å². The highest BCUT2D eigenvalue weighted by Gasteiger charge is 2.24. The maximum Gasteiger partial charge on any atom is 0.137 e. The van der Waals surface area contributed by atoms with Crippen LogP contribution < -0.4 is 10.1 Å². The summed E-state index contributed by atoms with van der Waals surface area (Å²) in [6.45, 7) is 3.81. The van der Waals surface area contributed by atoms with Gasteiger partial charge in [0.15, 0.2) is 0 Å². The smallest absolute Gasteiger partial charge is 0.137 e. The third-order valence-corrected chi connectivity index (χ3v) is 4.32. The molecule has 3 rings (SSSR count). The van der Waals surface area contributed by atoms with Gasteiger partial charge in [0.25, 0.3) is 0 Å². The van der Waals surface area contributed by atoms with Crippen LogP contribution in [-0.2, 0) is 6.54 Å². The Balaban J connectivity index is 1.78. The van der Waals surface area contributed by atoms with Gasteiger partial charge in [-0.1, -0.05) is 23.7 Å². The molecule has 1 N–H and O–H groups in total. The largest absolute Gasteiger partial charge is 0.495 e. The molecule has 2 heterocycles. The average molecular weight is 318 g/mol. The van der Waals surface area contributed by atoms with E-state index < -0.39 is 0 Å². The minimum atomic E-state index is 0.336. The molecule has 0 radical (unpaired) electrons. The van der Waals surface area contributed by atoms with E-state index in [1.807, 2.05) is 30.6 Å². The first kappa shape index (κ1) is 15.3. The number of methoxy groups -OCH3 is 1. The zero-order chi connectivity index (χ0) is 15.4. The Bertz CT molecular complexity index is 621. The lowest BCUT2D eigenvalue weighted by atomic mass is 10.0. The number of nitrogens with one attached hydrogen (secondary N) is 1. The van der Waals surface area contributed by atoms with Crippen molar-refractivity contribution < 1.29 is 4.74 Å². The van der Waals surface area contributed by atoms with E-state index in [1.54, 1.807) is 7.11 Å². The number of ether oxygens (including phenoxy) is 1. The van der Waals surface area contributed by atoms with Gasteiger partial charge in [-0.25, -0.2) is 0 Å². The van der Waals surface area contributed by atoms with Crippen LogP contribution in [-0.4, -0.2) is 36.6 Å². The first-order valence-corrected chi connectivity index (χ1v) is 7.83. The molecule has 0 bridgehead atoms. The van der Waals surface area contributed by atoms with Crippen LogP contribution in [0.5, 0.6) is 5.75 Å². The number of benzene rings is 1. The van der Waals surface area contributed by atoms with Gasteiger partial charge in [-0.2, -0.15) is 0 Å². The Labute approximate surface area is 136 Å². The van der Waals surface area contributed by atoms with Crippen LogP contribution in [0, 0.1) is 0 Å². The fourth-order valence-corrected chi connectivity index (χ4v) is 3.16. The molecule has 2 aromatic rings. The molecule has 0 aliphatic carbocycles. The summed E-state index contributed by atoms with van der Waals surface area (Å²) in [6, 6.07) is 10.5. The Morgan fingerprint density at radius 1 is 1.41 bits per heavy atom. The van der Waals surface area contributed by atoms with Gasteiger partial charge in [-0.3, -0.25) is 9.88 Å². The Morgan fingerprint density at radius 2 is 2.32 bits per heavy atom. The van der Waals surface area contributed by atoms with Gasteiger partial charge in [0, 0.05) is 44.6 Å². The van der Waals surface area contributed by atoms with Gasteiger partial charge < -0.3 is 10.1 Å². The molecule has 1 aliphatic heterocycles.